The Hall–Kier alpha value is -0.440. The molecule has 1 aliphatic rings. The predicted octanol–water partition coefficient (Wildman–Crippen LogP) is 7.08. The van der Waals surface area contributed by atoms with E-state index >= 15 is 0 Å². The summed E-state index contributed by atoms with van der Waals surface area (Å²) >= 11 is 5.27. The molecule has 6 nitrogen and oxygen atoms in total. The molecule has 1 heterocycles. The molecule has 0 N–H and O–H groups in total. The minimum atomic E-state index is -3.48. The van der Waals surface area contributed by atoms with Crippen molar-refractivity contribution in [1.82, 2.24) is 0 Å². The van der Waals surface area contributed by atoms with Crippen LogP contribution in [-0.4, -0.2) is 34.2 Å². The van der Waals surface area contributed by atoms with Crippen molar-refractivity contribution in [2.45, 2.75) is 44.6 Å². The van der Waals surface area contributed by atoms with Crippen LogP contribution in [0.4, 0.5) is 5.69 Å². The zero-order valence-corrected chi connectivity index (χ0v) is 20.5. The maximum absolute atomic E-state index is 13.8. The highest BCUT2D eigenvalue weighted by molar-refractivity contribution is 8.28. The average Bonchev–Trinajstić information content (AvgIpc) is 2.68. The van der Waals surface area contributed by atoms with Gasteiger partial charge in [-0.2, -0.15) is 0 Å². The first-order chi connectivity index (χ1) is 13.9. The number of allylic oxidation sites excluding steroid dienone is 1. The Balaban J connectivity index is 2.61. The van der Waals surface area contributed by atoms with Crippen molar-refractivity contribution >= 4 is 48.6 Å². The van der Waals surface area contributed by atoms with E-state index in [1.54, 1.807) is 35.7 Å². The lowest BCUT2D eigenvalue weighted by molar-refractivity contribution is -0.384. The normalized spacial score (nSPS) is 20.1. The number of hydrogen-bond donors (Lipinski definition) is 0. The molecule has 0 unspecified atom stereocenters. The van der Waals surface area contributed by atoms with Gasteiger partial charge in [0.15, 0.2) is 0 Å². The summed E-state index contributed by atoms with van der Waals surface area (Å²) in [4.78, 5) is 10.7. The number of nitro groups is 1. The largest absolute Gasteiger partial charge is 0.359 e. The van der Waals surface area contributed by atoms with Gasteiger partial charge >= 0.3 is 7.60 Å². The first-order valence-corrected chi connectivity index (χ1v) is 14.1. The fraction of sp³-hybridized carbons (Fsp3) is 0.579. The summed E-state index contributed by atoms with van der Waals surface area (Å²) in [5.74, 6) is 1.67. The molecule has 0 saturated heterocycles. The van der Waals surface area contributed by atoms with E-state index in [1.165, 1.54) is 12.1 Å². The van der Waals surface area contributed by atoms with Gasteiger partial charge in [-0.1, -0.05) is 26.0 Å². The summed E-state index contributed by atoms with van der Waals surface area (Å²) in [5, 5.41) is 11.8. The highest BCUT2D eigenvalue weighted by atomic mass is 32.2. The topological polar surface area (TPSA) is 78.7 Å². The van der Waals surface area contributed by atoms with Gasteiger partial charge < -0.3 is 9.05 Å². The molecular weight excluding hydrogens is 449 g/mol. The molecule has 10 heteroatoms. The molecule has 1 aromatic carbocycles. The summed E-state index contributed by atoms with van der Waals surface area (Å²) < 4.78 is 26.6. The molecule has 2 atom stereocenters. The van der Waals surface area contributed by atoms with E-state index in [-0.39, 0.29) is 24.8 Å². The summed E-state index contributed by atoms with van der Waals surface area (Å²) in [6.07, 6.45) is 0.772. The number of nitro benzene ring substituents is 1. The van der Waals surface area contributed by atoms with Crippen molar-refractivity contribution < 1.29 is 18.5 Å². The number of hydrogen-bond acceptors (Lipinski definition) is 8. The predicted molar refractivity (Wildman–Crippen MR) is 126 cm³/mol. The van der Waals surface area contributed by atoms with Crippen LogP contribution >= 0.6 is 42.9 Å². The van der Waals surface area contributed by atoms with E-state index in [4.69, 9.17) is 9.05 Å². The third-order valence-corrected chi connectivity index (χ3v) is 10.8. The maximum atomic E-state index is 13.8. The van der Waals surface area contributed by atoms with Gasteiger partial charge in [-0.3, -0.25) is 14.7 Å². The summed E-state index contributed by atoms with van der Waals surface area (Å²) in [5.41, 5.74) is 0.950. The lowest BCUT2D eigenvalue weighted by atomic mass is 9.95. The molecule has 162 valence electrons. The Morgan fingerprint density at radius 1 is 1.14 bits per heavy atom. The van der Waals surface area contributed by atoms with Crippen molar-refractivity contribution in [2.75, 3.05) is 24.7 Å². The monoisotopic (exact) mass is 477 g/mol. The molecule has 29 heavy (non-hydrogen) atoms. The van der Waals surface area contributed by atoms with E-state index in [1.807, 2.05) is 25.6 Å². The van der Waals surface area contributed by atoms with Crippen molar-refractivity contribution in [1.29, 1.82) is 0 Å². The van der Waals surface area contributed by atoms with Crippen LogP contribution in [-0.2, 0) is 13.6 Å². The van der Waals surface area contributed by atoms with Gasteiger partial charge in [0.2, 0.25) is 0 Å². The molecule has 2 rings (SSSR count). The SMILES string of the molecule is CCOP(=O)(OCC)C1=C(SCC)S[C@@H](SCC)C[C@H]1c1ccc([N+](=O)[O-])cc1. The molecule has 0 radical (unpaired) electrons. The summed E-state index contributed by atoms with van der Waals surface area (Å²) in [6.45, 7) is 8.39. The molecule has 1 aromatic rings. The second kappa shape index (κ2) is 11.8. The van der Waals surface area contributed by atoms with E-state index in [9.17, 15) is 14.7 Å². The summed E-state index contributed by atoms with van der Waals surface area (Å²) in [6, 6.07) is 6.55. The number of benzene rings is 1. The summed E-state index contributed by atoms with van der Waals surface area (Å²) in [7, 11) is -3.48. The zero-order valence-electron chi connectivity index (χ0n) is 17.2. The highest BCUT2D eigenvalue weighted by Gasteiger charge is 2.43. The van der Waals surface area contributed by atoms with Gasteiger partial charge in [0.25, 0.3) is 5.69 Å². The minimum Gasteiger partial charge on any atom is -0.306 e. The number of nitrogens with zero attached hydrogens (tertiary/aromatic N) is 1. The van der Waals surface area contributed by atoms with Crippen molar-refractivity contribution in [2.24, 2.45) is 0 Å². The second-order valence-corrected chi connectivity index (χ2v) is 12.6. The average molecular weight is 478 g/mol. The number of non-ortho nitro benzene ring substituents is 1. The molecule has 0 saturated carbocycles. The molecule has 0 spiro atoms. The quantitative estimate of drug-likeness (QED) is 0.190. The smallest absolute Gasteiger partial charge is 0.306 e. The van der Waals surface area contributed by atoms with Crippen LogP contribution in [0.15, 0.2) is 33.8 Å². The number of rotatable bonds is 11. The Morgan fingerprint density at radius 2 is 1.76 bits per heavy atom. The lowest BCUT2D eigenvalue weighted by Gasteiger charge is -2.35. The van der Waals surface area contributed by atoms with Gasteiger partial charge in [0.1, 0.15) is 0 Å². The lowest BCUT2D eigenvalue weighted by Crippen LogP contribution is -2.18. The molecule has 0 bridgehead atoms. The van der Waals surface area contributed by atoms with Crippen LogP contribution in [0.3, 0.4) is 0 Å². The van der Waals surface area contributed by atoms with E-state index in [0.717, 1.165) is 27.7 Å². The first-order valence-electron chi connectivity index (χ1n) is 9.69. The Kier molecular flexibility index (Phi) is 10.1. The van der Waals surface area contributed by atoms with Gasteiger partial charge in [-0.25, -0.2) is 0 Å². The third-order valence-electron chi connectivity index (χ3n) is 4.23. The van der Waals surface area contributed by atoms with E-state index < -0.39 is 12.5 Å². The number of thioether (sulfide) groups is 3. The zero-order chi connectivity index (χ0) is 21.4. The van der Waals surface area contributed by atoms with Crippen LogP contribution in [0.5, 0.6) is 0 Å². The Labute approximate surface area is 185 Å². The molecule has 0 amide bonds. The molecule has 0 aromatic heterocycles. The van der Waals surface area contributed by atoms with E-state index in [0.29, 0.717) is 9.90 Å². The van der Waals surface area contributed by atoms with Gasteiger partial charge in [-0.05, 0) is 37.3 Å². The third kappa shape index (κ3) is 6.28. The van der Waals surface area contributed by atoms with E-state index in [2.05, 4.69) is 13.8 Å². The maximum Gasteiger partial charge on any atom is 0.359 e. The molecule has 0 aliphatic carbocycles. The first kappa shape index (κ1) is 24.8. The van der Waals surface area contributed by atoms with Gasteiger partial charge in [-0.15, -0.1) is 35.3 Å². The fourth-order valence-corrected chi connectivity index (χ4v) is 10.2. The van der Waals surface area contributed by atoms with Crippen molar-refractivity contribution in [3.63, 3.8) is 0 Å². The van der Waals surface area contributed by atoms with Gasteiger partial charge in [0.05, 0.1) is 32.3 Å². The Morgan fingerprint density at radius 3 is 2.24 bits per heavy atom. The standard InChI is InChI=1S/C19H28NO5PS3/c1-5-24-26(23,25-6-2)18-16(14-9-11-15(12-10-14)20(21)22)13-17(27-7-3)29-19(18)28-8-4/h9-12,16-17H,5-8,13H2,1-4H3/t16-,17+/m0/s1. The second-order valence-electron chi connectivity index (χ2n) is 6.08. The Bertz CT molecular complexity index is 762. The van der Waals surface area contributed by atoms with Crippen LogP contribution in [0.2, 0.25) is 0 Å². The fourth-order valence-electron chi connectivity index (χ4n) is 3.14. The van der Waals surface area contributed by atoms with Gasteiger partial charge in [0, 0.05) is 18.1 Å². The van der Waals surface area contributed by atoms with Crippen LogP contribution in [0.25, 0.3) is 0 Å². The molecule has 1 aliphatic heterocycles. The van der Waals surface area contributed by atoms with Crippen LogP contribution in [0.1, 0.15) is 45.6 Å². The minimum absolute atomic E-state index is 0.0462. The van der Waals surface area contributed by atoms with Crippen LogP contribution < -0.4 is 0 Å². The van der Waals surface area contributed by atoms with Crippen molar-refractivity contribution in [3.8, 4) is 0 Å². The molecule has 0 fully saturated rings. The van der Waals surface area contributed by atoms with Crippen molar-refractivity contribution in [3.05, 3.63) is 49.5 Å². The van der Waals surface area contributed by atoms with Crippen LogP contribution in [0, 0.1) is 10.1 Å². The highest BCUT2D eigenvalue weighted by Crippen LogP contribution is 2.68. The molecular formula is C19H28NO5PS3.